The highest BCUT2D eigenvalue weighted by Gasteiger charge is 2.02. The topological polar surface area (TPSA) is 60.2 Å². The van der Waals surface area contributed by atoms with Crippen LogP contribution in [0.5, 0.6) is 0 Å². The van der Waals surface area contributed by atoms with E-state index in [1.165, 1.54) is 0 Å². The molecule has 1 amide bonds. The fraction of sp³-hybridized carbons (Fsp3) is 0.818. The van der Waals surface area contributed by atoms with Crippen molar-refractivity contribution in [3.05, 3.63) is 0 Å². The molecule has 14 heavy (non-hydrogen) atoms. The van der Waals surface area contributed by atoms with Crippen molar-refractivity contribution in [2.45, 2.75) is 53.4 Å². The Bertz CT molecular complexity index is 167. The molecule has 0 heterocycles. The Morgan fingerprint density at radius 1 is 1.29 bits per heavy atom. The first-order valence-corrected chi connectivity index (χ1v) is 5.24. The van der Waals surface area contributed by atoms with E-state index in [0.717, 1.165) is 25.7 Å². The minimum atomic E-state index is -0.206. The van der Waals surface area contributed by atoms with E-state index < -0.39 is 0 Å². The van der Waals surface area contributed by atoms with Crippen molar-refractivity contribution in [1.82, 2.24) is 0 Å². The second-order valence-electron chi connectivity index (χ2n) is 3.52. The van der Waals surface area contributed by atoms with Gasteiger partial charge < -0.3 is 10.5 Å². The van der Waals surface area contributed by atoms with Gasteiger partial charge in [0.1, 0.15) is 5.78 Å². The number of primary amides is 1. The fourth-order valence-corrected chi connectivity index (χ4v) is 0.627. The predicted octanol–water partition coefficient (Wildman–Crippen LogP) is 2.28. The average molecular weight is 201 g/mol. The second-order valence-corrected chi connectivity index (χ2v) is 3.52. The van der Waals surface area contributed by atoms with Crippen LogP contribution in [0.3, 0.4) is 0 Å². The van der Waals surface area contributed by atoms with Crippen molar-refractivity contribution in [3.8, 4) is 0 Å². The van der Waals surface area contributed by atoms with Gasteiger partial charge in [-0.05, 0) is 19.8 Å². The van der Waals surface area contributed by atoms with E-state index in [9.17, 15) is 9.59 Å². The van der Waals surface area contributed by atoms with Crippen LogP contribution in [0.1, 0.15) is 53.4 Å². The molecule has 0 saturated heterocycles. The Morgan fingerprint density at radius 2 is 1.79 bits per heavy atom. The van der Waals surface area contributed by atoms with Gasteiger partial charge in [0, 0.05) is 12.3 Å². The molecule has 0 aliphatic rings. The summed E-state index contributed by atoms with van der Waals surface area (Å²) in [5, 5.41) is 0. The van der Waals surface area contributed by atoms with Gasteiger partial charge in [-0.15, -0.1) is 0 Å². The van der Waals surface area contributed by atoms with Crippen molar-refractivity contribution in [3.63, 3.8) is 0 Å². The normalized spacial score (nSPS) is 11.1. The Morgan fingerprint density at radius 3 is 1.86 bits per heavy atom. The van der Waals surface area contributed by atoms with Gasteiger partial charge in [0.2, 0.25) is 5.91 Å². The van der Waals surface area contributed by atoms with E-state index >= 15 is 0 Å². The Hall–Kier alpha value is -0.860. The molecule has 0 aromatic heterocycles. The Labute approximate surface area is 87.1 Å². The maximum absolute atomic E-state index is 10.2. The standard InChI is InChI=1S/C6H12O.C5H11NO/c1-3-4-5-6(2)7;1-3-4(2)5(6)7/h3-5H2,1-2H3;4H,3H2,1-2H3,(H2,6,7). The van der Waals surface area contributed by atoms with Crippen LogP contribution in [0, 0.1) is 5.92 Å². The van der Waals surface area contributed by atoms with Crippen molar-refractivity contribution >= 4 is 11.7 Å². The van der Waals surface area contributed by atoms with Gasteiger partial charge in [0.25, 0.3) is 0 Å². The van der Waals surface area contributed by atoms with Crippen LogP contribution in [0.25, 0.3) is 0 Å². The second kappa shape index (κ2) is 10.2. The number of Topliss-reactive ketones (excluding diaryl/α,β-unsaturated/α-hetero) is 1. The number of carbonyl (C=O) groups excluding carboxylic acids is 2. The van der Waals surface area contributed by atoms with E-state index in [0.29, 0.717) is 5.78 Å². The molecule has 0 spiro atoms. The number of ketones is 1. The van der Waals surface area contributed by atoms with Gasteiger partial charge >= 0.3 is 0 Å². The van der Waals surface area contributed by atoms with Crippen LogP contribution >= 0.6 is 0 Å². The molecule has 2 N–H and O–H groups in total. The van der Waals surface area contributed by atoms with Crippen LogP contribution in [0.2, 0.25) is 0 Å². The quantitative estimate of drug-likeness (QED) is 0.741. The summed E-state index contributed by atoms with van der Waals surface area (Å²) in [5.41, 5.74) is 4.91. The minimum Gasteiger partial charge on any atom is -0.369 e. The molecular weight excluding hydrogens is 178 g/mol. The molecule has 3 nitrogen and oxygen atoms in total. The number of unbranched alkanes of at least 4 members (excludes halogenated alkanes) is 1. The first-order chi connectivity index (χ1) is 6.45. The lowest BCUT2D eigenvalue weighted by atomic mass is 10.1. The van der Waals surface area contributed by atoms with Gasteiger partial charge in [-0.1, -0.05) is 27.2 Å². The molecule has 0 aliphatic carbocycles. The van der Waals surface area contributed by atoms with Crippen LogP contribution in [0.4, 0.5) is 0 Å². The summed E-state index contributed by atoms with van der Waals surface area (Å²) in [5.74, 6) is 0.143. The van der Waals surface area contributed by atoms with E-state index in [1.54, 1.807) is 6.92 Å². The summed E-state index contributed by atoms with van der Waals surface area (Å²) in [6.45, 7) is 7.48. The maximum Gasteiger partial charge on any atom is 0.220 e. The number of hydrogen-bond donors (Lipinski definition) is 1. The molecule has 0 aromatic rings. The highest BCUT2D eigenvalue weighted by atomic mass is 16.1. The Balaban J connectivity index is 0. The summed E-state index contributed by atoms with van der Waals surface area (Å²) < 4.78 is 0. The molecule has 3 heteroatoms. The summed E-state index contributed by atoms with van der Waals surface area (Å²) in [6.07, 6.45) is 3.78. The van der Waals surface area contributed by atoms with Gasteiger partial charge in [0.15, 0.2) is 0 Å². The third-order valence-electron chi connectivity index (χ3n) is 1.98. The lowest BCUT2D eigenvalue weighted by Gasteiger charge is -1.98. The van der Waals surface area contributed by atoms with Gasteiger partial charge in [-0.25, -0.2) is 0 Å². The maximum atomic E-state index is 10.2. The molecule has 0 radical (unpaired) electrons. The summed E-state index contributed by atoms with van der Waals surface area (Å²) in [7, 11) is 0. The number of carbonyl (C=O) groups is 2. The third kappa shape index (κ3) is 13.7. The smallest absolute Gasteiger partial charge is 0.220 e. The lowest BCUT2D eigenvalue weighted by Crippen LogP contribution is -2.19. The van der Waals surface area contributed by atoms with Crippen molar-refractivity contribution in [2.75, 3.05) is 0 Å². The molecule has 84 valence electrons. The van der Waals surface area contributed by atoms with Crippen LogP contribution in [0.15, 0.2) is 0 Å². The zero-order chi connectivity index (χ0) is 11.6. The first-order valence-electron chi connectivity index (χ1n) is 5.24. The van der Waals surface area contributed by atoms with Gasteiger partial charge in [0.05, 0.1) is 0 Å². The van der Waals surface area contributed by atoms with Gasteiger partial charge in [-0.3, -0.25) is 4.79 Å². The first kappa shape index (κ1) is 15.6. The predicted molar refractivity (Wildman–Crippen MR) is 58.9 cm³/mol. The molecule has 0 bridgehead atoms. The SMILES string of the molecule is CCC(C)C(N)=O.CCCCC(C)=O. The van der Waals surface area contributed by atoms with Crippen molar-refractivity contribution in [2.24, 2.45) is 11.7 Å². The zero-order valence-corrected chi connectivity index (χ0v) is 9.80. The minimum absolute atomic E-state index is 0.0417. The largest absolute Gasteiger partial charge is 0.369 e. The number of nitrogens with two attached hydrogens (primary N) is 1. The molecule has 1 atom stereocenters. The highest BCUT2D eigenvalue weighted by molar-refractivity contribution is 5.76. The van der Waals surface area contributed by atoms with E-state index in [4.69, 9.17) is 5.73 Å². The molecule has 1 unspecified atom stereocenters. The zero-order valence-electron chi connectivity index (χ0n) is 9.80. The van der Waals surface area contributed by atoms with Gasteiger partial charge in [-0.2, -0.15) is 0 Å². The van der Waals surface area contributed by atoms with Crippen LogP contribution in [-0.2, 0) is 9.59 Å². The highest BCUT2D eigenvalue weighted by Crippen LogP contribution is 1.96. The molecule has 0 saturated carbocycles. The van der Waals surface area contributed by atoms with Crippen LogP contribution in [-0.4, -0.2) is 11.7 Å². The van der Waals surface area contributed by atoms with Crippen molar-refractivity contribution in [1.29, 1.82) is 0 Å². The van der Waals surface area contributed by atoms with E-state index in [1.807, 2.05) is 13.8 Å². The Kier molecular flexibility index (Phi) is 11.4. The lowest BCUT2D eigenvalue weighted by molar-refractivity contribution is -0.121. The molecule has 0 rings (SSSR count). The monoisotopic (exact) mass is 201 g/mol. The average Bonchev–Trinajstić information content (AvgIpc) is 2.14. The molecular formula is C11H23NO2. The van der Waals surface area contributed by atoms with E-state index in [2.05, 4.69) is 6.92 Å². The third-order valence-corrected chi connectivity index (χ3v) is 1.98. The summed E-state index contributed by atoms with van der Waals surface area (Å²) in [6, 6.07) is 0. The number of hydrogen-bond acceptors (Lipinski definition) is 2. The van der Waals surface area contributed by atoms with E-state index in [-0.39, 0.29) is 11.8 Å². The summed E-state index contributed by atoms with van der Waals surface area (Å²) in [4.78, 5) is 20.4. The number of rotatable bonds is 5. The van der Waals surface area contributed by atoms with Crippen LogP contribution < -0.4 is 5.73 Å². The fourth-order valence-electron chi connectivity index (χ4n) is 0.627. The van der Waals surface area contributed by atoms with Crippen molar-refractivity contribution < 1.29 is 9.59 Å². The number of amides is 1. The molecule has 0 fully saturated rings. The molecule has 0 aliphatic heterocycles. The molecule has 0 aromatic carbocycles. The summed E-state index contributed by atoms with van der Waals surface area (Å²) >= 11 is 0.